The molecule has 0 atom stereocenters. The number of carboxylic acids is 1. The van der Waals surface area contributed by atoms with E-state index in [1.165, 1.54) is 97.1 Å². The molecule has 0 heterocycles. The largest absolute Gasteiger partial charge is 0.478 e. The van der Waals surface area contributed by atoms with E-state index in [0.29, 0.717) is 32.7 Å². The molecule has 0 aromatic heterocycles. The first kappa shape index (κ1) is 43.2. The number of methoxy groups -OCH3 is 1. The Kier molecular flexibility index (Phi) is 14.6. The number of nitrogens with one attached hydrogen (secondary N) is 2. The SMILES string of the molecule is COC(=O)c1ccc(CNC(=O)c2cc(Cl)ccc2Oc2ccc(F)cc2)cc1F.O=C(O)c1ccc(CNC(=O)c2cc(Cl)ccc2Oc2ccc(F)cc2)cc1F. The second-order valence-electron chi connectivity index (χ2n) is 12.2. The topological polar surface area (TPSA) is 140 Å². The molecule has 2 amide bonds. The number of rotatable bonds is 12. The van der Waals surface area contributed by atoms with Crippen LogP contribution in [0.25, 0.3) is 0 Å². The molecule has 16 heteroatoms. The van der Waals surface area contributed by atoms with E-state index in [1.54, 1.807) is 6.07 Å². The summed E-state index contributed by atoms with van der Waals surface area (Å²) < 4.78 is 69.8. The summed E-state index contributed by atoms with van der Waals surface area (Å²) in [4.78, 5) is 47.6. The van der Waals surface area contributed by atoms with Gasteiger partial charge in [0.15, 0.2) is 0 Å². The molecule has 59 heavy (non-hydrogen) atoms. The van der Waals surface area contributed by atoms with Crippen LogP contribution in [0.2, 0.25) is 10.0 Å². The fraction of sp³-hybridized carbons (Fsp3) is 0.0698. The average Bonchev–Trinajstić information content (AvgIpc) is 3.21. The predicted molar refractivity (Wildman–Crippen MR) is 209 cm³/mol. The van der Waals surface area contributed by atoms with Crippen LogP contribution in [0.15, 0.2) is 121 Å². The molecule has 0 unspecified atom stereocenters. The summed E-state index contributed by atoms with van der Waals surface area (Å²) in [6.45, 7) is -0.0438. The molecule has 6 aromatic rings. The third-order valence-corrected chi connectivity index (χ3v) is 8.53. The molecule has 6 aromatic carbocycles. The van der Waals surface area contributed by atoms with E-state index in [1.807, 2.05) is 0 Å². The molecule has 0 fully saturated rings. The van der Waals surface area contributed by atoms with E-state index in [0.717, 1.165) is 25.3 Å². The monoisotopic (exact) mass is 848 g/mol. The van der Waals surface area contributed by atoms with Crippen molar-refractivity contribution in [1.82, 2.24) is 10.6 Å². The summed E-state index contributed by atoms with van der Waals surface area (Å²) >= 11 is 12.0. The van der Waals surface area contributed by atoms with Crippen LogP contribution in [0.5, 0.6) is 23.0 Å². The molecule has 6 rings (SSSR count). The molecule has 10 nitrogen and oxygen atoms in total. The van der Waals surface area contributed by atoms with Crippen molar-refractivity contribution in [2.24, 2.45) is 0 Å². The number of carbonyl (C=O) groups excluding carboxylic acids is 3. The Balaban J connectivity index is 0.000000224. The van der Waals surface area contributed by atoms with Gasteiger partial charge in [-0.15, -0.1) is 0 Å². The minimum atomic E-state index is -1.38. The number of benzene rings is 6. The number of aromatic carboxylic acids is 1. The van der Waals surface area contributed by atoms with Gasteiger partial charge < -0.3 is 30.0 Å². The Morgan fingerprint density at radius 2 is 0.949 bits per heavy atom. The lowest BCUT2D eigenvalue weighted by atomic mass is 10.1. The summed E-state index contributed by atoms with van der Waals surface area (Å²) in [6, 6.07) is 27.0. The van der Waals surface area contributed by atoms with Crippen molar-refractivity contribution < 1.29 is 56.1 Å². The molecule has 0 saturated carbocycles. The fourth-order valence-corrected chi connectivity index (χ4v) is 5.48. The zero-order valence-corrected chi connectivity index (χ0v) is 32.0. The Morgan fingerprint density at radius 1 is 0.542 bits per heavy atom. The third-order valence-electron chi connectivity index (χ3n) is 8.06. The highest BCUT2D eigenvalue weighted by Gasteiger charge is 2.18. The minimum absolute atomic E-state index is 0.000290. The lowest BCUT2D eigenvalue weighted by molar-refractivity contribution is 0.0594. The van der Waals surface area contributed by atoms with Gasteiger partial charge in [-0.2, -0.15) is 0 Å². The number of hydrogen-bond acceptors (Lipinski definition) is 7. The number of hydrogen-bond donors (Lipinski definition) is 3. The van der Waals surface area contributed by atoms with Crippen molar-refractivity contribution in [2.75, 3.05) is 7.11 Å². The van der Waals surface area contributed by atoms with Crippen LogP contribution < -0.4 is 20.1 Å². The van der Waals surface area contributed by atoms with Crippen molar-refractivity contribution >= 4 is 47.0 Å². The molecule has 0 aliphatic heterocycles. The van der Waals surface area contributed by atoms with Crippen LogP contribution in [0, 0.1) is 23.3 Å². The van der Waals surface area contributed by atoms with Gasteiger partial charge in [-0.3, -0.25) is 9.59 Å². The lowest BCUT2D eigenvalue weighted by Gasteiger charge is -2.12. The van der Waals surface area contributed by atoms with Gasteiger partial charge in [0.25, 0.3) is 11.8 Å². The van der Waals surface area contributed by atoms with Gasteiger partial charge in [-0.05, 0) is 120 Å². The van der Waals surface area contributed by atoms with E-state index in [2.05, 4.69) is 15.4 Å². The zero-order chi connectivity index (χ0) is 42.6. The molecule has 0 spiro atoms. The number of carboxylic acid groups (broad SMARTS) is 1. The smallest absolute Gasteiger partial charge is 0.340 e. The minimum Gasteiger partial charge on any atom is -0.478 e. The molecule has 3 N–H and O–H groups in total. The Bertz CT molecular complexity index is 2500. The summed E-state index contributed by atoms with van der Waals surface area (Å²) in [7, 11) is 1.16. The molecule has 0 radical (unpaired) electrons. The zero-order valence-electron chi connectivity index (χ0n) is 30.5. The Morgan fingerprint density at radius 3 is 1.32 bits per heavy atom. The molecule has 0 saturated heterocycles. The first-order chi connectivity index (χ1) is 28.2. The van der Waals surface area contributed by atoms with Gasteiger partial charge in [0, 0.05) is 23.1 Å². The first-order valence-electron chi connectivity index (χ1n) is 17.1. The highest BCUT2D eigenvalue weighted by atomic mass is 35.5. The molecule has 0 aliphatic carbocycles. The first-order valence-corrected chi connectivity index (χ1v) is 17.9. The quantitative estimate of drug-likeness (QED) is 0.0817. The van der Waals surface area contributed by atoms with Crippen molar-refractivity contribution in [3.8, 4) is 23.0 Å². The van der Waals surface area contributed by atoms with Crippen LogP contribution in [0.4, 0.5) is 17.6 Å². The number of amides is 2. The van der Waals surface area contributed by atoms with Crippen molar-refractivity contribution in [1.29, 1.82) is 0 Å². The third kappa shape index (κ3) is 12.1. The van der Waals surface area contributed by atoms with Gasteiger partial charge >= 0.3 is 11.9 Å². The Labute approximate surface area is 343 Å². The second kappa shape index (κ2) is 20.0. The van der Waals surface area contributed by atoms with Gasteiger partial charge in [0.05, 0.1) is 29.4 Å². The van der Waals surface area contributed by atoms with Crippen molar-refractivity contribution in [2.45, 2.75) is 13.1 Å². The number of carbonyl (C=O) groups is 4. The highest BCUT2D eigenvalue weighted by molar-refractivity contribution is 6.31. The lowest BCUT2D eigenvalue weighted by Crippen LogP contribution is -2.23. The predicted octanol–water partition coefficient (Wildman–Crippen LogP) is 10.2. The summed E-state index contributed by atoms with van der Waals surface area (Å²) in [5, 5.41) is 14.7. The molecule has 0 aliphatic rings. The van der Waals surface area contributed by atoms with E-state index >= 15 is 0 Å². The van der Waals surface area contributed by atoms with Crippen LogP contribution in [0.1, 0.15) is 52.6 Å². The summed E-state index contributed by atoms with van der Waals surface area (Å²) in [5.41, 5.74) is 0.450. The summed E-state index contributed by atoms with van der Waals surface area (Å²) in [6.07, 6.45) is 0. The van der Waals surface area contributed by atoms with Gasteiger partial charge in [-0.1, -0.05) is 35.3 Å². The van der Waals surface area contributed by atoms with Crippen molar-refractivity contribution in [3.63, 3.8) is 0 Å². The Hall–Kier alpha value is -6.90. The maximum atomic E-state index is 14.0. The molecule has 0 bridgehead atoms. The van der Waals surface area contributed by atoms with Crippen LogP contribution >= 0.6 is 23.2 Å². The van der Waals surface area contributed by atoms with Crippen molar-refractivity contribution in [3.05, 3.63) is 188 Å². The van der Waals surface area contributed by atoms with Gasteiger partial charge in [0.1, 0.15) is 46.3 Å². The fourth-order valence-electron chi connectivity index (χ4n) is 5.14. The summed E-state index contributed by atoms with van der Waals surface area (Å²) in [5.74, 6) is -4.61. The van der Waals surface area contributed by atoms with Gasteiger partial charge in [0.2, 0.25) is 0 Å². The molecular weight excluding hydrogens is 819 g/mol. The average molecular weight is 850 g/mol. The normalized spacial score (nSPS) is 10.4. The highest BCUT2D eigenvalue weighted by Crippen LogP contribution is 2.30. The van der Waals surface area contributed by atoms with Crippen LogP contribution in [-0.2, 0) is 17.8 Å². The molecular formula is C43H30Cl2F4N2O8. The van der Waals surface area contributed by atoms with Gasteiger partial charge in [-0.25, -0.2) is 27.2 Å². The van der Waals surface area contributed by atoms with E-state index < -0.39 is 52.6 Å². The van der Waals surface area contributed by atoms with E-state index in [9.17, 15) is 36.7 Å². The molecule has 302 valence electrons. The number of ether oxygens (including phenoxy) is 3. The standard InChI is InChI=1S/C22H16ClF2NO4.C21H14ClF2NO4/c1-29-22(28)17-8-2-13(10-19(17)25)12-26-21(27)18-11-14(23)3-9-20(18)30-16-6-4-15(24)5-7-16;22-13-2-8-19(29-15-5-3-14(23)4-6-15)17(10-13)20(26)25-11-12-1-7-16(21(27)28)18(24)9-12/h2-11H,12H2,1H3,(H,26,27);1-10H,11H2,(H,25,26)(H,27,28). The maximum absolute atomic E-state index is 14.0. The van der Waals surface area contributed by atoms with E-state index in [-0.39, 0.29) is 41.3 Å². The van der Waals surface area contributed by atoms with Crippen LogP contribution in [0.3, 0.4) is 0 Å². The van der Waals surface area contributed by atoms with E-state index in [4.69, 9.17) is 37.8 Å². The van der Waals surface area contributed by atoms with Crippen LogP contribution in [-0.4, -0.2) is 36.0 Å². The number of halogens is 6. The second-order valence-corrected chi connectivity index (χ2v) is 13.1. The maximum Gasteiger partial charge on any atom is 0.340 e. The number of esters is 1.